The molecular formula is C50H30B2N4. The fourth-order valence-electron chi connectivity index (χ4n) is 9.57. The minimum Gasteiger partial charge on any atom is -0.310 e. The maximum Gasteiger partial charge on any atom is 0.246 e. The van der Waals surface area contributed by atoms with Crippen molar-refractivity contribution in [3.63, 3.8) is 0 Å². The highest BCUT2D eigenvalue weighted by Gasteiger charge is 2.35. The molecule has 0 fully saturated rings. The summed E-state index contributed by atoms with van der Waals surface area (Å²) in [4.78, 5) is 0. The van der Waals surface area contributed by atoms with E-state index < -0.39 is 0 Å². The number of para-hydroxylation sites is 5. The molecule has 0 radical (unpaired) electrons. The van der Waals surface area contributed by atoms with Crippen molar-refractivity contribution in [3.05, 3.63) is 193 Å². The topological polar surface area (TPSA) is 57.4 Å². The van der Waals surface area contributed by atoms with Gasteiger partial charge in [0.2, 0.25) is 13.4 Å². The first-order valence-corrected chi connectivity index (χ1v) is 19.0. The van der Waals surface area contributed by atoms with Crippen molar-refractivity contribution in [2.45, 2.75) is 0 Å². The minimum absolute atomic E-state index is 0.116. The molecule has 0 atom stereocenters. The second-order valence-corrected chi connectivity index (χ2v) is 14.6. The maximum atomic E-state index is 9.90. The molecule has 0 saturated heterocycles. The molecular weight excluding hydrogens is 678 g/mol. The van der Waals surface area contributed by atoms with E-state index in [0.29, 0.717) is 5.56 Å². The summed E-state index contributed by atoms with van der Waals surface area (Å²) >= 11 is 0. The lowest BCUT2D eigenvalue weighted by molar-refractivity contribution is 1.18. The van der Waals surface area contributed by atoms with Gasteiger partial charge in [-0.15, -0.1) is 0 Å². The monoisotopic (exact) mass is 708 g/mol. The van der Waals surface area contributed by atoms with Gasteiger partial charge in [0.15, 0.2) is 0 Å². The number of rotatable bonds is 2. The Hall–Kier alpha value is -7.53. The summed E-state index contributed by atoms with van der Waals surface area (Å²) in [5, 5.41) is 24.4. The van der Waals surface area contributed by atoms with Crippen molar-refractivity contribution in [1.29, 1.82) is 10.5 Å². The quantitative estimate of drug-likeness (QED) is 0.182. The van der Waals surface area contributed by atoms with Crippen LogP contribution < -0.4 is 32.8 Å². The van der Waals surface area contributed by atoms with Crippen molar-refractivity contribution in [1.82, 2.24) is 9.13 Å². The number of aromatic nitrogens is 2. The molecule has 56 heavy (non-hydrogen) atoms. The molecule has 2 aliphatic heterocycles. The third-order valence-electron chi connectivity index (χ3n) is 11.8. The van der Waals surface area contributed by atoms with E-state index in [2.05, 4.69) is 179 Å². The Kier molecular flexibility index (Phi) is 7.15. The van der Waals surface area contributed by atoms with Crippen LogP contribution in [-0.2, 0) is 0 Å². The van der Waals surface area contributed by atoms with Gasteiger partial charge < -0.3 is 9.13 Å². The van der Waals surface area contributed by atoms with E-state index in [1.807, 2.05) is 24.3 Å². The zero-order chi connectivity index (χ0) is 37.3. The molecule has 0 aliphatic carbocycles. The average molecular weight is 708 g/mol. The van der Waals surface area contributed by atoms with Gasteiger partial charge in [0.25, 0.3) is 0 Å². The van der Waals surface area contributed by atoms with Crippen LogP contribution in [0, 0.1) is 22.7 Å². The van der Waals surface area contributed by atoms with Crippen LogP contribution in [0.2, 0.25) is 0 Å². The molecule has 256 valence electrons. The zero-order valence-corrected chi connectivity index (χ0v) is 30.3. The van der Waals surface area contributed by atoms with Crippen LogP contribution in [0.4, 0.5) is 0 Å². The lowest BCUT2D eigenvalue weighted by Crippen LogP contribution is -2.56. The van der Waals surface area contributed by atoms with Crippen LogP contribution in [0.25, 0.3) is 55.0 Å². The molecule has 0 N–H and O–H groups in total. The van der Waals surface area contributed by atoms with Gasteiger partial charge in [-0.3, -0.25) is 0 Å². The van der Waals surface area contributed by atoms with Crippen LogP contribution in [-0.4, -0.2) is 22.6 Å². The molecule has 2 aromatic heterocycles. The Labute approximate surface area is 324 Å². The summed E-state index contributed by atoms with van der Waals surface area (Å²) in [6.07, 6.45) is 0. The van der Waals surface area contributed by atoms with E-state index in [0.717, 1.165) is 22.5 Å². The van der Waals surface area contributed by atoms with Gasteiger partial charge >= 0.3 is 0 Å². The highest BCUT2D eigenvalue weighted by Crippen LogP contribution is 2.35. The number of fused-ring (bicyclic) bond motifs is 10. The Morgan fingerprint density at radius 3 is 1.50 bits per heavy atom. The van der Waals surface area contributed by atoms with Crippen molar-refractivity contribution >= 4 is 89.8 Å². The number of nitriles is 2. The van der Waals surface area contributed by atoms with Crippen molar-refractivity contribution in [2.75, 3.05) is 0 Å². The molecule has 4 heterocycles. The normalized spacial score (nSPS) is 12.2. The fraction of sp³-hybridized carbons (Fsp3) is 0. The van der Waals surface area contributed by atoms with Gasteiger partial charge in [-0.1, -0.05) is 163 Å². The van der Waals surface area contributed by atoms with Crippen molar-refractivity contribution in [2.24, 2.45) is 0 Å². The summed E-state index contributed by atoms with van der Waals surface area (Å²) in [7, 11) is 0. The predicted octanol–water partition coefficient (Wildman–Crippen LogP) is 6.97. The summed E-state index contributed by atoms with van der Waals surface area (Å²) < 4.78 is 4.64. The molecule has 12 rings (SSSR count). The second-order valence-electron chi connectivity index (χ2n) is 14.6. The van der Waals surface area contributed by atoms with E-state index in [9.17, 15) is 10.5 Å². The van der Waals surface area contributed by atoms with Gasteiger partial charge in [0.1, 0.15) is 6.07 Å². The molecule has 8 aromatic carbocycles. The number of nitrogens with zero attached hydrogens (tertiary/aromatic N) is 4. The fourth-order valence-corrected chi connectivity index (χ4v) is 9.57. The summed E-state index contributed by atoms with van der Waals surface area (Å²) in [6, 6.07) is 68.4. The average Bonchev–Trinajstić information content (AvgIpc) is 3.79. The van der Waals surface area contributed by atoms with Crippen molar-refractivity contribution in [3.8, 4) is 23.5 Å². The number of hydrogen-bond acceptors (Lipinski definition) is 2. The first kappa shape index (κ1) is 31.9. The first-order valence-electron chi connectivity index (χ1n) is 19.0. The van der Waals surface area contributed by atoms with E-state index in [1.165, 1.54) is 70.9 Å². The van der Waals surface area contributed by atoms with Gasteiger partial charge in [-0.05, 0) is 52.2 Å². The minimum atomic E-state index is 0.116. The van der Waals surface area contributed by atoms with Crippen LogP contribution >= 0.6 is 0 Å². The maximum absolute atomic E-state index is 9.90. The standard InChI is InChI=1S/2C25H15BN2/c27-16-17-8-6-13-21-24(17)28-23-15-5-4-11-19(23)20-12-7-14-22(25(20)28)26(21)18-9-2-1-3-10-18;27-16-17-13-14-21-24(15-17)28-23-12-5-4-9-19(23)20-10-6-11-22(25(20)28)26(21)18-7-2-1-3-8-18/h2*1-15H. The summed E-state index contributed by atoms with van der Waals surface area (Å²) in [6.45, 7) is 0.273. The van der Waals surface area contributed by atoms with Crippen LogP contribution in [0.15, 0.2) is 182 Å². The van der Waals surface area contributed by atoms with E-state index in [1.54, 1.807) is 0 Å². The molecule has 0 bridgehead atoms. The summed E-state index contributed by atoms with van der Waals surface area (Å²) in [5.41, 5.74) is 15.9. The van der Waals surface area contributed by atoms with Gasteiger partial charge in [-0.25, -0.2) is 0 Å². The predicted molar refractivity (Wildman–Crippen MR) is 233 cm³/mol. The van der Waals surface area contributed by atoms with Gasteiger partial charge in [-0.2, -0.15) is 10.5 Å². The van der Waals surface area contributed by atoms with Crippen LogP contribution in [0.5, 0.6) is 0 Å². The van der Waals surface area contributed by atoms with E-state index in [4.69, 9.17) is 0 Å². The Morgan fingerprint density at radius 2 is 0.893 bits per heavy atom. The molecule has 0 unspecified atom stereocenters. The van der Waals surface area contributed by atoms with Gasteiger partial charge in [0.05, 0.1) is 33.9 Å². The molecule has 10 aromatic rings. The zero-order valence-electron chi connectivity index (χ0n) is 30.3. The summed E-state index contributed by atoms with van der Waals surface area (Å²) in [5.74, 6) is 0. The van der Waals surface area contributed by atoms with E-state index >= 15 is 0 Å². The first-order chi connectivity index (χ1) is 27.7. The lowest BCUT2D eigenvalue weighted by atomic mass is 9.35. The van der Waals surface area contributed by atoms with Crippen LogP contribution in [0.3, 0.4) is 0 Å². The molecule has 6 heteroatoms. The highest BCUT2D eigenvalue weighted by atomic mass is 15.0. The third-order valence-corrected chi connectivity index (χ3v) is 11.8. The van der Waals surface area contributed by atoms with Crippen LogP contribution in [0.1, 0.15) is 11.1 Å². The SMILES string of the molecule is N#Cc1ccc2c(c1)-n1c3ccccc3c3cccc(c31)B2c1ccccc1.N#Cc1cccc2c1-n1c3ccccc3c3cccc(c31)B2c1ccccc1. The molecule has 0 spiro atoms. The number of benzene rings is 8. The lowest BCUT2D eigenvalue weighted by Gasteiger charge is -2.27. The Morgan fingerprint density at radius 1 is 0.393 bits per heavy atom. The molecule has 4 nitrogen and oxygen atoms in total. The molecule has 2 aliphatic rings. The third kappa shape index (κ3) is 4.54. The Bertz CT molecular complexity index is 3290. The second kappa shape index (κ2) is 12.5. The van der Waals surface area contributed by atoms with E-state index in [-0.39, 0.29) is 13.4 Å². The number of hydrogen-bond donors (Lipinski definition) is 0. The molecule has 0 amide bonds. The van der Waals surface area contributed by atoms with Crippen molar-refractivity contribution < 1.29 is 0 Å². The highest BCUT2D eigenvalue weighted by molar-refractivity contribution is 6.98. The van der Waals surface area contributed by atoms with Gasteiger partial charge in [0, 0.05) is 38.3 Å². The Balaban J connectivity index is 0.000000130. The smallest absolute Gasteiger partial charge is 0.246 e. The molecule has 0 saturated carbocycles. The largest absolute Gasteiger partial charge is 0.310 e.